The van der Waals surface area contributed by atoms with Crippen LogP contribution in [-0.4, -0.2) is 19.0 Å². The van der Waals surface area contributed by atoms with Gasteiger partial charge in [-0.15, -0.1) is 0 Å². The highest BCUT2D eigenvalue weighted by molar-refractivity contribution is 6.35. The van der Waals surface area contributed by atoms with Gasteiger partial charge in [0.05, 0.1) is 10.0 Å². The molecule has 0 heterocycles. The van der Waals surface area contributed by atoms with Gasteiger partial charge >= 0.3 is 0 Å². The number of rotatable bonds is 4. The lowest BCUT2D eigenvalue weighted by molar-refractivity contribution is -0.118. The van der Waals surface area contributed by atoms with Crippen molar-refractivity contribution in [1.29, 1.82) is 0 Å². The van der Waals surface area contributed by atoms with Crippen molar-refractivity contribution in [2.45, 2.75) is 6.92 Å². The maximum atomic E-state index is 13.1. The first-order chi connectivity index (χ1) is 7.50. The quantitative estimate of drug-likeness (QED) is 0.649. The summed E-state index contributed by atoms with van der Waals surface area (Å²) in [4.78, 5) is 10.6. The highest BCUT2D eigenvalue weighted by Gasteiger charge is 2.06. The second-order valence-corrected chi connectivity index (χ2v) is 3.98. The van der Waals surface area contributed by atoms with Crippen LogP contribution in [0.4, 0.5) is 10.1 Å². The van der Waals surface area contributed by atoms with Crippen molar-refractivity contribution in [2.75, 3.05) is 18.4 Å². The number of nitrogens with one attached hydrogen (secondary N) is 2. The minimum absolute atomic E-state index is 0.0328. The molecule has 2 N–H and O–H groups in total. The fourth-order valence-corrected chi connectivity index (χ4v) is 1.59. The summed E-state index contributed by atoms with van der Waals surface area (Å²) in [5.41, 5.74) is 0.613. The molecule has 16 heavy (non-hydrogen) atoms. The number of carbonyl (C=O) groups is 1. The standard InChI is InChI=1S/C10H11Cl2FN2O/c1-6(16)14-2-3-15-7-4-8(11)10(13)9(12)5-7/h4-5,15H,2-3H2,1H3,(H,14,16). The van der Waals surface area contributed by atoms with Crippen LogP contribution in [0.1, 0.15) is 6.92 Å². The first-order valence-electron chi connectivity index (χ1n) is 4.63. The van der Waals surface area contributed by atoms with E-state index in [1.807, 2.05) is 0 Å². The molecule has 1 aromatic carbocycles. The highest BCUT2D eigenvalue weighted by atomic mass is 35.5. The monoisotopic (exact) mass is 264 g/mol. The molecule has 88 valence electrons. The number of amides is 1. The minimum atomic E-state index is -0.629. The zero-order valence-corrected chi connectivity index (χ0v) is 10.1. The van der Waals surface area contributed by atoms with Crippen molar-refractivity contribution >= 4 is 34.8 Å². The first kappa shape index (κ1) is 13.1. The van der Waals surface area contributed by atoms with Crippen LogP contribution in [0.3, 0.4) is 0 Å². The Morgan fingerprint density at radius 2 is 1.88 bits per heavy atom. The second kappa shape index (κ2) is 5.92. The summed E-state index contributed by atoms with van der Waals surface area (Å²) < 4.78 is 13.1. The van der Waals surface area contributed by atoms with Gasteiger partial charge in [-0.05, 0) is 12.1 Å². The van der Waals surface area contributed by atoms with Crippen LogP contribution in [0, 0.1) is 5.82 Å². The summed E-state index contributed by atoms with van der Waals surface area (Å²) in [6.45, 7) is 2.42. The van der Waals surface area contributed by atoms with Crippen molar-refractivity contribution < 1.29 is 9.18 Å². The fraction of sp³-hybridized carbons (Fsp3) is 0.300. The molecule has 0 aliphatic carbocycles. The summed E-state index contributed by atoms with van der Waals surface area (Å²) in [5, 5.41) is 5.51. The summed E-state index contributed by atoms with van der Waals surface area (Å²) >= 11 is 11.2. The van der Waals surface area contributed by atoms with Crippen LogP contribution in [0.25, 0.3) is 0 Å². The third kappa shape index (κ3) is 3.87. The van der Waals surface area contributed by atoms with Gasteiger partial charge in [0.15, 0.2) is 5.82 Å². The lowest BCUT2D eigenvalue weighted by Gasteiger charge is -2.08. The van der Waals surface area contributed by atoms with Gasteiger partial charge in [-0.1, -0.05) is 23.2 Å². The van der Waals surface area contributed by atoms with Crippen LogP contribution in [0.2, 0.25) is 10.0 Å². The first-order valence-corrected chi connectivity index (χ1v) is 5.39. The molecule has 0 aliphatic heterocycles. The van der Waals surface area contributed by atoms with E-state index in [0.29, 0.717) is 18.8 Å². The predicted molar refractivity (Wildman–Crippen MR) is 63.6 cm³/mol. The Hall–Kier alpha value is -1.00. The molecule has 3 nitrogen and oxygen atoms in total. The third-order valence-corrected chi connectivity index (χ3v) is 2.36. The van der Waals surface area contributed by atoms with E-state index >= 15 is 0 Å². The molecular formula is C10H11Cl2FN2O. The Balaban J connectivity index is 2.52. The van der Waals surface area contributed by atoms with Gasteiger partial charge in [0.25, 0.3) is 0 Å². The second-order valence-electron chi connectivity index (χ2n) is 3.16. The summed E-state index contributed by atoms with van der Waals surface area (Å²) in [6, 6.07) is 2.88. The zero-order valence-electron chi connectivity index (χ0n) is 8.61. The number of benzene rings is 1. The van der Waals surface area contributed by atoms with E-state index in [-0.39, 0.29) is 16.0 Å². The number of anilines is 1. The molecule has 0 aromatic heterocycles. The average molecular weight is 265 g/mol. The van der Waals surface area contributed by atoms with Crippen LogP contribution in [0.5, 0.6) is 0 Å². The maximum Gasteiger partial charge on any atom is 0.216 e. The van der Waals surface area contributed by atoms with E-state index in [1.165, 1.54) is 19.1 Å². The Bertz CT molecular complexity index is 375. The van der Waals surface area contributed by atoms with Gasteiger partial charge in [0.2, 0.25) is 5.91 Å². The molecule has 6 heteroatoms. The molecule has 0 spiro atoms. The molecule has 1 aromatic rings. The lowest BCUT2D eigenvalue weighted by Crippen LogP contribution is -2.26. The number of hydrogen-bond acceptors (Lipinski definition) is 2. The van der Waals surface area contributed by atoms with Gasteiger partial charge in [0, 0.05) is 25.7 Å². The molecule has 0 saturated carbocycles. The van der Waals surface area contributed by atoms with E-state index in [1.54, 1.807) is 0 Å². The molecule has 0 fully saturated rings. The molecule has 0 aliphatic rings. The van der Waals surface area contributed by atoms with Crippen molar-refractivity contribution in [3.8, 4) is 0 Å². The molecule has 0 unspecified atom stereocenters. The van der Waals surface area contributed by atoms with Crippen molar-refractivity contribution in [1.82, 2.24) is 5.32 Å². The number of halogens is 3. The topological polar surface area (TPSA) is 41.1 Å². The number of hydrogen-bond donors (Lipinski definition) is 2. The maximum absolute atomic E-state index is 13.1. The Morgan fingerprint density at radius 3 is 2.38 bits per heavy atom. The van der Waals surface area contributed by atoms with E-state index in [0.717, 1.165) is 0 Å². The lowest BCUT2D eigenvalue weighted by atomic mass is 10.3. The molecule has 0 saturated heterocycles. The summed E-state index contributed by atoms with van der Waals surface area (Å²) in [5.74, 6) is -0.729. The largest absolute Gasteiger partial charge is 0.383 e. The Morgan fingerprint density at radius 1 is 1.31 bits per heavy atom. The van der Waals surface area contributed by atoms with E-state index in [9.17, 15) is 9.18 Å². The smallest absolute Gasteiger partial charge is 0.216 e. The molecule has 0 bridgehead atoms. The van der Waals surface area contributed by atoms with Crippen molar-refractivity contribution in [3.05, 3.63) is 28.0 Å². The van der Waals surface area contributed by atoms with Crippen LogP contribution >= 0.6 is 23.2 Å². The predicted octanol–water partition coefficient (Wildman–Crippen LogP) is 2.68. The van der Waals surface area contributed by atoms with Gasteiger partial charge in [-0.25, -0.2) is 4.39 Å². The third-order valence-electron chi connectivity index (χ3n) is 1.81. The van der Waals surface area contributed by atoms with E-state index in [4.69, 9.17) is 23.2 Å². The molecular weight excluding hydrogens is 254 g/mol. The van der Waals surface area contributed by atoms with Gasteiger partial charge in [-0.2, -0.15) is 0 Å². The molecule has 0 radical (unpaired) electrons. The average Bonchev–Trinajstić information content (AvgIpc) is 2.20. The Labute approximate surface area is 103 Å². The van der Waals surface area contributed by atoms with Gasteiger partial charge < -0.3 is 10.6 Å². The normalized spacial score (nSPS) is 10.0. The van der Waals surface area contributed by atoms with E-state index < -0.39 is 5.82 Å². The van der Waals surface area contributed by atoms with Crippen LogP contribution in [0.15, 0.2) is 12.1 Å². The summed E-state index contributed by atoms with van der Waals surface area (Å²) in [6.07, 6.45) is 0. The SMILES string of the molecule is CC(=O)NCCNc1cc(Cl)c(F)c(Cl)c1. The summed E-state index contributed by atoms with van der Waals surface area (Å²) in [7, 11) is 0. The number of carbonyl (C=O) groups excluding carboxylic acids is 1. The highest BCUT2D eigenvalue weighted by Crippen LogP contribution is 2.26. The Kier molecular flexibility index (Phi) is 4.83. The van der Waals surface area contributed by atoms with Crippen LogP contribution in [-0.2, 0) is 4.79 Å². The zero-order chi connectivity index (χ0) is 12.1. The van der Waals surface area contributed by atoms with E-state index in [2.05, 4.69) is 10.6 Å². The van der Waals surface area contributed by atoms with Crippen molar-refractivity contribution in [3.63, 3.8) is 0 Å². The minimum Gasteiger partial charge on any atom is -0.383 e. The molecule has 1 amide bonds. The molecule has 1 rings (SSSR count). The van der Waals surface area contributed by atoms with Gasteiger partial charge in [0.1, 0.15) is 0 Å². The van der Waals surface area contributed by atoms with Crippen LogP contribution < -0.4 is 10.6 Å². The fourth-order valence-electron chi connectivity index (χ4n) is 1.10. The molecule has 0 atom stereocenters. The van der Waals surface area contributed by atoms with Crippen molar-refractivity contribution in [2.24, 2.45) is 0 Å². The van der Waals surface area contributed by atoms with Gasteiger partial charge in [-0.3, -0.25) is 4.79 Å².